The Bertz CT molecular complexity index is 863. The zero-order valence-corrected chi connectivity index (χ0v) is 14.8. The Morgan fingerprint density at radius 1 is 1.19 bits per heavy atom. The number of nitrogens with one attached hydrogen (secondary N) is 1. The Hall–Kier alpha value is -3.35. The van der Waals surface area contributed by atoms with Crippen molar-refractivity contribution in [3.8, 4) is 5.75 Å². The van der Waals surface area contributed by atoms with Gasteiger partial charge in [-0.15, -0.1) is 0 Å². The summed E-state index contributed by atoms with van der Waals surface area (Å²) in [5.74, 6) is -1.62. The van der Waals surface area contributed by atoms with Crippen LogP contribution in [0.1, 0.15) is 23.7 Å². The van der Waals surface area contributed by atoms with Gasteiger partial charge >= 0.3 is 0 Å². The first-order valence-corrected chi connectivity index (χ1v) is 8.64. The molecule has 0 unspecified atom stereocenters. The average Bonchev–Trinajstić information content (AvgIpc) is 3.05. The van der Waals surface area contributed by atoms with Gasteiger partial charge in [-0.25, -0.2) is 0 Å². The number of nitrogens with zero attached hydrogens (tertiary/aromatic N) is 1. The van der Waals surface area contributed by atoms with Crippen LogP contribution in [0.15, 0.2) is 48.5 Å². The van der Waals surface area contributed by atoms with E-state index in [0.29, 0.717) is 23.7 Å². The molecule has 1 N–H and O–H groups in total. The van der Waals surface area contributed by atoms with Crippen LogP contribution >= 0.6 is 0 Å². The van der Waals surface area contributed by atoms with Gasteiger partial charge in [-0.05, 0) is 36.8 Å². The topological polar surface area (TPSA) is 98.8 Å². The van der Waals surface area contributed by atoms with Crippen LogP contribution in [0.4, 0.5) is 11.4 Å². The first-order chi connectivity index (χ1) is 13.0. The van der Waals surface area contributed by atoms with E-state index in [9.17, 15) is 19.5 Å². The van der Waals surface area contributed by atoms with Crippen LogP contribution < -0.4 is 20.1 Å². The Morgan fingerprint density at radius 3 is 2.56 bits per heavy atom. The second-order valence-electron chi connectivity index (χ2n) is 6.16. The summed E-state index contributed by atoms with van der Waals surface area (Å²) in [5, 5.41) is 13.5. The minimum atomic E-state index is -1.28. The van der Waals surface area contributed by atoms with Crippen molar-refractivity contribution in [3.05, 3.63) is 54.1 Å². The molecule has 2 aromatic rings. The predicted octanol–water partition coefficient (Wildman–Crippen LogP) is 1.44. The second-order valence-corrected chi connectivity index (χ2v) is 6.16. The third kappa shape index (κ3) is 4.08. The number of anilines is 2. The van der Waals surface area contributed by atoms with Gasteiger partial charge in [0.2, 0.25) is 11.8 Å². The monoisotopic (exact) mass is 367 g/mol. The van der Waals surface area contributed by atoms with Crippen molar-refractivity contribution < 1.29 is 24.2 Å². The first-order valence-electron chi connectivity index (χ1n) is 8.64. The van der Waals surface area contributed by atoms with Crippen molar-refractivity contribution in [3.63, 3.8) is 0 Å². The van der Waals surface area contributed by atoms with E-state index >= 15 is 0 Å². The van der Waals surface area contributed by atoms with Gasteiger partial charge in [0.05, 0.1) is 24.2 Å². The molecule has 0 bridgehead atoms. The summed E-state index contributed by atoms with van der Waals surface area (Å²) < 4.78 is 5.57. The average molecular weight is 367 g/mol. The van der Waals surface area contributed by atoms with Gasteiger partial charge in [0.1, 0.15) is 5.75 Å². The van der Waals surface area contributed by atoms with Gasteiger partial charge in [-0.3, -0.25) is 9.59 Å². The quantitative estimate of drug-likeness (QED) is 0.833. The minimum absolute atomic E-state index is 0.0303. The first kappa shape index (κ1) is 18.4. The number of ether oxygens (including phenoxy) is 1. The number of carboxylic acids is 1. The number of carboxylic acid groups (broad SMARTS) is 1. The summed E-state index contributed by atoms with van der Waals surface area (Å²) in [7, 11) is 0. The predicted molar refractivity (Wildman–Crippen MR) is 97.5 cm³/mol. The van der Waals surface area contributed by atoms with Crippen molar-refractivity contribution in [2.45, 2.75) is 13.3 Å². The third-order valence-corrected chi connectivity index (χ3v) is 4.34. The molecule has 0 aliphatic carbocycles. The van der Waals surface area contributed by atoms with Crippen molar-refractivity contribution in [1.29, 1.82) is 0 Å². The number of amides is 2. The van der Waals surface area contributed by atoms with E-state index in [2.05, 4.69) is 5.32 Å². The van der Waals surface area contributed by atoms with E-state index in [-0.39, 0.29) is 30.3 Å². The maximum Gasteiger partial charge on any atom is 0.229 e. The molecular formula is C20H19N2O5-. The molecule has 27 heavy (non-hydrogen) atoms. The largest absolute Gasteiger partial charge is 0.545 e. The van der Waals surface area contributed by atoms with Crippen molar-refractivity contribution in [1.82, 2.24) is 0 Å². The Morgan fingerprint density at radius 2 is 1.89 bits per heavy atom. The van der Waals surface area contributed by atoms with E-state index in [1.807, 2.05) is 19.1 Å². The van der Waals surface area contributed by atoms with E-state index in [1.165, 1.54) is 24.3 Å². The van der Waals surface area contributed by atoms with Gasteiger partial charge in [0.25, 0.3) is 0 Å². The number of rotatable bonds is 6. The molecule has 7 nitrogen and oxygen atoms in total. The smallest absolute Gasteiger partial charge is 0.229 e. The molecular weight excluding hydrogens is 348 g/mol. The number of hydrogen-bond acceptors (Lipinski definition) is 5. The van der Waals surface area contributed by atoms with Gasteiger partial charge in [0.15, 0.2) is 0 Å². The fourth-order valence-corrected chi connectivity index (χ4v) is 3.01. The highest BCUT2D eigenvalue weighted by Gasteiger charge is 2.36. The summed E-state index contributed by atoms with van der Waals surface area (Å²) >= 11 is 0. The number of hydrogen-bond donors (Lipinski definition) is 1. The second kappa shape index (κ2) is 7.90. The molecule has 0 saturated carbocycles. The highest BCUT2D eigenvalue weighted by molar-refractivity contribution is 6.04. The van der Waals surface area contributed by atoms with Crippen LogP contribution in [0.25, 0.3) is 0 Å². The number of carbonyl (C=O) groups excluding carboxylic acids is 3. The fourth-order valence-electron chi connectivity index (χ4n) is 3.01. The van der Waals surface area contributed by atoms with Crippen molar-refractivity contribution in [2.75, 3.05) is 23.4 Å². The molecule has 1 heterocycles. The van der Waals surface area contributed by atoms with Gasteiger partial charge in [0, 0.05) is 18.7 Å². The summed E-state index contributed by atoms with van der Waals surface area (Å²) in [6.45, 7) is 2.60. The lowest BCUT2D eigenvalue weighted by molar-refractivity contribution is -0.255. The molecule has 1 aliphatic heterocycles. The third-order valence-electron chi connectivity index (χ3n) is 4.34. The molecule has 1 atom stereocenters. The zero-order valence-electron chi connectivity index (χ0n) is 14.8. The van der Waals surface area contributed by atoms with Gasteiger partial charge in [-0.1, -0.05) is 24.3 Å². The highest BCUT2D eigenvalue weighted by atomic mass is 16.5. The lowest BCUT2D eigenvalue weighted by Crippen LogP contribution is -2.28. The molecule has 140 valence electrons. The van der Waals surface area contributed by atoms with Crippen molar-refractivity contribution in [2.24, 2.45) is 5.92 Å². The molecule has 3 rings (SSSR count). The van der Waals surface area contributed by atoms with Crippen LogP contribution in [0.5, 0.6) is 5.75 Å². The Kier molecular flexibility index (Phi) is 5.40. The van der Waals surface area contributed by atoms with Crippen LogP contribution in [-0.4, -0.2) is 30.9 Å². The maximum absolute atomic E-state index is 12.5. The van der Waals surface area contributed by atoms with E-state index in [0.717, 1.165) is 0 Å². The van der Waals surface area contributed by atoms with E-state index in [1.54, 1.807) is 17.0 Å². The molecule has 2 amide bonds. The summed E-state index contributed by atoms with van der Waals surface area (Å²) in [6, 6.07) is 12.9. The molecule has 7 heteroatoms. The molecule has 0 radical (unpaired) electrons. The summed E-state index contributed by atoms with van der Waals surface area (Å²) in [4.78, 5) is 37.3. The van der Waals surface area contributed by atoms with Crippen LogP contribution in [0, 0.1) is 5.92 Å². The summed E-state index contributed by atoms with van der Waals surface area (Å²) in [5.41, 5.74) is 1.14. The fraction of sp³-hybridized carbons (Fsp3) is 0.250. The number of para-hydroxylation sites is 2. The molecule has 0 aromatic heterocycles. The highest BCUT2D eigenvalue weighted by Crippen LogP contribution is 2.33. The zero-order chi connectivity index (χ0) is 19.4. The lowest BCUT2D eigenvalue weighted by Gasteiger charge is -2.20. The standard InChI is InChI=1S/C20H20N2O5/c1-2-27-17-6-4-3-5-16(17)22-12-14(11-18(22)23)19(24)21-15-9-7-13(8-10-15)20(25)26/h3-10,14H,2,11-12H2,1H3,(H,21,24)(H,25,26)/p-1/t14-/m0/s1. The van der Waals surface area contributed by atoms with Gasteiger partial charge < -0.3 is 24.9 Å². The molecule has 1 aliphatic rings. The van der Waals surface area contributed by atoms with Crippen LogP contribution in [0.2, 0.25) is 0 Å². The molecule has 2 aromatic carbocycles. The Balaban J connectivity index is 1.70. The SMILES string of the molecule is CCOc1ccccc1N1C[C@@H](C(=O)Nc2ccc(C(=O)[O-])cc2)CC1=O. The normalized spacial score (nSPS) is 16.3. The number of aromatic carboxylic acids is 1. The molecule has 1 saturated heterocycles. The number of benzene rings is 2. The molecule has 0 spiro atoms. The maximum atomic E-state index is 12.5. The van der Waals surface area contributed by atoms with Crippen LogP contribution in [-0.2, 0) is 9.59 Å². The van der Waals surface area contributed by atoms with Crippen molar-refractivity contribution >= 4 is 29.2 Å². The number of carbonyl (C=O) groups is 3. The summed E-state index contributed by atoms with van der Waals surface area (Å²) in [6.07, 6.45) is 0.101. The Labute approximate surface area is 156 Å². The van der Waals surface area contributed by atoms with Crippen LogP contribution in [0.3, 0.4) is 0 Å². The molecule has 1 fully saturated rings. The van der Waals surface area contributed by atoms with E-state index in [4.69, 9.17) is 4.74 Å². The van der Waals surface area contributed by atoms with E-state index < -0.39 is 11.9 Å². The lowest BCUT2D eigenvalue weighted by atomic mass is 10.1. The minimum Gasteiger partial charge on any atom is -0.545 e. The van der Waals surface area contributed by atoms with Gasteiger partial charge in [-0.2, -0.15) is 0 Å².